The van der Waals surface area contributed by atoms with E-state index < -0.39 is 24.9 Å². The molecule has 1 saturated carbocycles. The first-order valence-electron chi connectivity index (χ1n) is 8.65. The summed E-state index contributed by atoms with van der Waals surface area (Å²) < 4.78 is 26.4. The van der Waals surface area contributed by atoms with E-state index >= 15 is 0 Å². The van der Waals surface area contributed by atoms with Gasteiger partial charge in [0.25, 0.3) is 5.92 Å². The minimum atomic E-state index is -2.79. The van der Waals surface area contributed by atoms with Gasteiger partial charge in [0.05, 0.1) is 12.6 Å². The van der Waals surface area contributed by atoms with Crippen LogP contribution in [-0.4, -0.2) is 66.3 Å². The molecule has 2 heterocycles. The summed E-state index contributed by atoms with van der Waals surface area (Å²) in [6, 6.07) is -0.786. The van der Waals surface area contributed by atoms with Crippen molar-refractivity contribution in [2.75, 3.05) is 32.7 Å². The van der Waals surface area contributed by atoms with Crippen molar-refractivity contribution >= 4 is 11.8 Å². The highest BCUT2D eigenvalue weighted by Gasteiger charge is 2.44. The Balaban J connectivity index is 1.48. The zero-order valence-electron chi connectivity index (χ0n) is 13.4. The number of hydrogen-bond donors (Lipinski definition) is 1. The van der Waals surface area contributed by atoms with E-state index in [0.29, 0.717) is 26.2 Å². The van der Waals surface area contributed by atoms with Crippen LogP contribution in [0.4, 0.5) is 8.78 Å². The standard InChI is InChI=1S/C16H25F2N3O2/c17-16(18)10-13(19-11-16)15(23)21-8-6-20(7-9-21)14(22)12-4-2-1-3-5-12/h12-13,19H,1-11H2. The summed E-state index contributed by atoms with van der Waals surface area (Å²) in [6.07, 6.45) is 4.98. The maximum Gasteiger partial charge on any atom is 0.262 e. The number of halogens is 2. The number of carbonyl (C=O) groups is 2. The Morgan fingerprint density at radius 2 is 1.48 bits per heavy atom. The molecule has 2 saturated heterocycles. The van der Waals surface area contributed by atoms with Crippen molar-refractivity contribution in [3.8, 4) is 0 Å². The maximum absolute atomic E-state index is 13.2. The van der Waals surface area contributed by atoms with Gasteiger partial charge < -0.3 is 9.80 Å². The fourth-order valence-corrected chi connectivity index (χ4v) is 3.87. The molecule has 3 rings (SSSR count). The van der Waals surface area contributed by atoms with Crippen LogP contribution < -0.4 is 5.32 Å². The summed E-state index contributed by atoms with van der Waals surface area (Å²) in [5.74, 6) is -2.70. The van der Waals surface area contributed by atoms with Gasteiger partial charge in [0.2, 0.25) is 11.8 Å². The zero-order valence-corrected chi connectivity index (χ0v) is 13.4. The third kappa shape index (κ3) is 3.82. The molecular weight excluding hydrogens is 304 g/mol. The van der Waals surface area contributed by atoms with E-state index in [9.17, 15) is 18.4 Å². The molecule has 7 heteroatoms. The largest absolute Gasteiger partial charge is 0.339 e. The Kier molecular flexibility index (Phi) is 4.85. The quantitative estimate of drug-likeness (QED) is 0.829. The fourth-order valence-electron chi connectivity index (χ4n) is 3.87. The summed E-state index contributed by atoms with van der Waals surface area (Å²) in [6.45, 7) is 1.50. The first kappa shape index (κ1) is 16.6. The van der Waals surface area contributed by atoms with Crippen LogP contribution in [0.25, 0.3) is 0 Å². The summed E-state index contributed by atoms with van der Waals surface area (Å²) in [5, 5.41) is 2.61. The molecule has 3 aliphatic rings. The molecule has 5 nitrogen and oxygen atoms in total. The van der Waals surface area contributed by atoms with Gasteiger partial charge in [-0.05, 0) is 12.8 Å². The van der Waals surface area contributed by atoms with Crippen LogP contribution in [0.2, 0.25) is 0 Å². The molecule has 3 fully saturated rings. The summed E-state index contributed by atoms with van der Waals surface area (Å²) in [7, 11) is 0. The minimum absolute atomic E-state index is 0.140. The number of rotatable bonds is 2. The average Bonchev–Trinajstić information content (AvgIpc) is 2.94. The highest BCUT2D eigenvalue weighted by molar-refractivity contribution is 5.83. The second-order valence-corrected chi connectivity index (χ2v) is 6.98. The Morgan fingerprint density at radius 1 is 0.913 bits per heavy atom. The van der Waals surface area contributed by atoms with Crippen LogP contribution in [0.3, 0.4) is 0 Å². The van der Waals surface area contributed by atoms with E-state index in [1.165, 1.54) is 6.42 Å². The SMILES string of the molecule is O=C(C1CCCCC1)N1CCN(C(=O)C2CC(F)(F)CN2)CC1. The number of alkyl halides is 2. The van der Waals surface area contributed by atoms with Gasteiger partial charge in [-0.2, -0.15) is 0 Å². The highest BCUT2D eigenvalue weighted by atomic mass is 19.3. The predicted molar refractivity (Wildman–Crippen MR) is 81.1 cm³/mol. The van der Waals surface area contributed by atoms with Gasteiger partial charge in [-0.15, -0.1) is 0 Å². The van der Waals surface area contributed by atoms with Gasteiger partial charge in [0.1, 0.15) is 0 Å². The van der Waals surface area contributed by atoms with Crippen LogP contribution in [-0.2, 0) is 9.59 Å². The van der Waals surface area contributed by atoms with Crippen LogP contribution in [0, 0.1) is 5.92 Å². The molecule has 0 aromatic carbocycles. The third-order valence-electron chi connectivity index (χ3n) is 5.27. The predicted octanol–water partition coefficient (Wildman–Crippen LogP) is 1.23. The second-order valence-electron chi connectivity index (χ2n) is 6.98. The van der Waals surface area contributed by atoms with Crippen molar-refractivity contribution in [3.63, 3.8) is 0 Å². The molecule has 23 heavy (non-hydrogen) atoms. The summed E-state index contributed by atoms with van der Waals surface area (Å²) in [5.41, 5.74) is 0. The second kappa shape index (κ2) is 6.71. The summed E-state index contributed by atoms with van der Waals surface area (Å²) in [4.78, 5) is 28.2. The van der Waals surface area contributed by atoms with E-state index in [2.05, 4.69) is 5.32 Å². The topological polar surface area (TPSA) is 52.7 Å². The van der Waals surface area contributed by atoms with Gasteiger partial charge in [-0.25, -0.2) is 8.78 Å². The van der Waals surface area contributed by atoms with Crippen molar-refractivity contribution in [1.29, 1.82) is 0 Å². The van der Waals surface area contributed by atoms with Gasteiger partial charge >= 0.3 is 0 Å². The van der Waals surface area contributed by atoms with Crippen molar-refractivity contribution in [3.05, 3.63) is 0 Å². The van der Waals surface area contributed by atoms with Crippen LogP contribution in [0.1, 0.15) is 38.5 Å². The molecule has 0 radical (unpaired) electrons. The van der Waals surface area contributed by atoms with E-state index in [0.717, 1.165) is 25.7 Å². The number of hydrogen-bond acceptors (Lipinski definition) is 3. The number of nitrogens with zero attached hydrogens (tertiary/aromatic N) is 2. The van der Waals surface area contributed by atoms with Crippen molar-refractivity contribution in [2.45, 2.75) is 50.5 Å². The van der Waals surface area contributed by atoms with E-state index in [1.807, 2.05) is 4.90 Å². The maximum atomic E-state index is 13.2. The molecule has 2 amide bonds. The first-order chi connectivity index (χ1) is 11.0. The van der Waals surface area contributed by atoms with Gasteiger partial charge in [-0.3, -0.25) is 14.9 Å². The molecule has 0 spiro atoms. The Labute approximate surface area is 135 Å². The number of amides is 2. The van der Waals surface area contributed by atoms with Gasteiger partial charge in [0.15, 0.2) is 0 Å². The molecule has 2 aliphatic heterocycles. The van der Waals surface area contributed by atoms with E-state index in [1.54, 1.807) is 4.90 Å². The fraction of sp³-hybridized carbons (Fsp3) is 0.875. The molecule has 0 aromatic rings. The van der Waals surface area contributed by atoms with Crippen LogP contribution in [0.15, 0.2) is 0 Å². The normalized spacial score (nSPS) is 28.9. The lowest BCUT2D eigenvalue weighted by atomic mass is 9.88. The molecular formula is C16H25F2N3O2. The number of nitrogens with one attached hydrogen (secondary N) is 1. The molecule has 1 N–H and O–H groups in total. The molecule has 1 unspecified atom stereocenters. The van der Waals surface area contributed by atoms with Crippen molar-refractivity contribution in [2.24, 2.45) is 5.92 Å². The smallest absolute Gasteiger partial charge is 0.262 e. The van der Waals surface area contributed by atoms with Crippen LogP contribution >= 0.6 is 0 Å². The molecule has 0 aromatic heterocycles. The van der Waals surface area contributed by atoms with Crippen molar-refractivity contribution < 1.29 is 18.4 Å². The lowest BCUT2D eigenvalue weighted by Crippen LogP contribution is -2.55. The minimum Gasteiger partial charge on any atom is -0.339 e. The Bertz CT molecular complexity index is 458. The Hall–Kier alpha value is -1.24. The van der Waals surface area contributed by atoms with Gasteiger partial charge in [0, 0.05) is 38.5 Å². The van der Waals surface area contributed by atoms with E-state index in [4.69, 9.17) is 0 Å². The monoisotopic (exact) mass is 329 g/mol. The molecule has 130 valence electrons. The highest BCUT2D eigenvalue weighted by Crippen LogP contribution is 2.27. The van der Waals surface area contributed by atoms with E-state index in [-0.39, 0.29) is 17.7 Å². The Morgan fingerprint density at radius 3 is 2.00 bits per heavy atom. The summed E-state index contributed by atoms with van der Waals surface area (Å²) >= 11 is 0. The average molecular weight is 329 g/mol. The lowest BCUT2D eigenvalue weighted by Gasteiger charge is -2.38. The van der Waals surface area contributed by atoms with Gasteiger partial charge in [-0.1, -0.05) is 19.3 Å². The van der Waals surface area contributed by atoms with Crippen LogP contribution in [0.5, 0.6) is 0 Å². The third-order valence-corrected chi connectivity index (χ3v) is 5.27. The molecule has 1 atom stereocenters. The van der Waals surface area contributed by atoms with Crippen molar-refractivity contribution in [1.82, 2.24) is 15.1 Å². The lowest BCUT2D eigenvalue weighted by molar-refractivity contribution is -0.143. The zero-order chi connectivity index (χ0) is 16.4. The molecule has 0 bridgehead atoms. The number of carbonyl (C=O) groups excluding carboxylic acids is 2. The molecule has 1 aliphatic carbocycles. The first-order valence-corrected chi connectivity index (χ1v) is 8.65. The number of piperazine rings is 1.